The molecule has 0 amide bonds. The Kier molecular flexibility index (Phi) is 4.66. The largest absolute Gasteiger partial charge is 0.397 e. The van der Waals surface area contributed by atoms with Crippen molar-refractivity contribution in [1.29, 1.82) is 0 Å². The highest BCUT2D eigenvalue weighted by molar-refractivity contribution is 5.67. The van der Waals surface area contributed by atoms with Crippen LogP contribution in [0.2, 0.25) is 0 Å². The fourth-order valence-electron chi connectivity index (χ4n) is 2.23. The molecule has 4 heteroatoms. The minimum Gasteiger partial charge on any atom is -0.397 e. The van der Waals surface area contributed by atoms with E-state index in [2.05, 4.69) is 49.1 Å². The standard InChI is InChI=1S/C16H24N4/c1-4-13(3)20-11-10-14(18-20)12-19(5-2)16-9-7-6-8-15(16)17/h6-11,13H,4-5,12,17H2,1-3H3. The molecule has 1 atom stereocenters. The Balaban J connectivity index is 2.15. The van der Waals surface area contributed by atoms with Crippen LogP contribution in [0.25, 0.3) is 0 Å². The van der Waals surface area contributed by atoms with Gasteiger partial charge in [0.1, 0.15) is 0 Å². The first-order chi connectivity index (χ1) is 9.65. The summed E-state index contributed by atoms with van der Waals surface area (Å²) in [5, 5.41) is 4.66. The predicted molar refractivity (Wildman–Crippen MR) is 84.8 cm³/mol. The van der Waals surface area contributed by atoms with Crippen molar-refractivity contribution in [3.05, 3.63) is 42.2 Å². The van der Waals surface area contributed by atoms with Crippen molar-refractivity contribution in [2.75, 3.05) is 17.2 Å². The number of rotatable bonds is 6. The molecule has 1 heterocycles. The summed E-state index contributed by atoms with van der Waals surface area (Å²) >= 11 is 0. The Morgan fingerprint density at radius 1 is 1.25 bits per heavy atom. The maximum Gasteiger partial charge on any atom is 0.0817 e. The zero-order chi connectivity index (χ0) is 14.5. The van der Waals surface area contributed by atoms with Crippen molar-refractivity contribution in [3.8, 4) is 0 Å². The monoisotopic (exact) mass is 272 g/mol. The second-order valence-electron chi connectivity index (χ2n) is 5.12. The van der Waals surface area contributed by atoms with E-state index in [1.807, 2.05) is 22.9 Å². The summed E-state index contributed by atoms with van der Waals surface area (Å²) < 4.78 is 2.04. The van der Waals surface area contributed by atoms with Gasteiger partial charge in [-0.2, -0.15) is 5.10 Å². The summed E-state index contributed by atoms with van der Waals surface area (Å²) in [6.07, 6.45) is 3.15. The van der Waals surface area contributed by atoms with Crippen LogP contribution in [0.5, 0.6) is 0 Å². The highest BCUT2D eigenvalue weighted by Crippen LogP contribution is 2.23. The van der Waals surface area contributed by atoms with Crippen LogP contribution in [0.15, 0.2) is 36.5 Å². The van der Waals surface area contributed by atoms with Gasteiger partial charge in [0.05, 0.1) is 23.6 Å². The maximum atomic E-state index is 6.06. The van der Waals surface area contributed by atoms with E-state index >= 15 is 0 Å². The lowest BCUT2D eigenvalue weighted by molar-refractivity contribution is 0.473. The Bertz CT molecular complexity index is 547. The number of benzene rings is 1. The SMILES string of the molecule is CCC(C)n1ccc(CN(CC)c2ccccc2N)n1. The van der Waals surface area contributed by atoms with Gasteiger partial charge < -0.3 is 10.6 Å². The number of para-hydroxylation sites is 2. The molecular formula is C16H24N4. The molecule has 2 rings (SSSR count). The quantitative estimate of drug-likeness (QED) is 0.819. The van der Waals surface area contributed by atoms with E-state index in [0.29, 0.717) is 6.04 Å². The van der Waals surface area contributed by atoms with E-state index in [9.17, 15) is 0 Å². The van der Waals surface area contributed by atoms with E-state index in [1.54, 1.807) is 0 Å². The number of nitrogen functional groups attached to an aromatic ring is 1. The number of hydrogen-bond donors (Lipinski definition) is 1. The summed E-state index contributed by atoms with van der Waals surface area (Å²) in [5.41, 5.74) is 9.03. The van der Waals surface area contributed by atoms with Gasteiger partial charge in [0, 0.05) is 18.8 Å². The van der Waals surface area contributed by atoms with Crippen molar-refractivity contribution >= 4 is 11.4 Å². The lowest BCUT2D eigenvalue weighted by atomic mass is 10.2. The average molecular weight is 272 g/mol. The van der Waals surface area contributed by atoms with Crippen LogP contribution < -0.4 is 10.6 Å². The topological polar surface area (TPSA) is 47.1 Å². The first kappa shape index (κ1) is 14.4. The van der Waals surface area contributed by atoms with Gasteiger partial charge in [-0.15, -0.1) is 0 Å². The van der Waals surface area contributed by atoms with Crippen molar-refractivity contribution in [2.45, 2.75) is 39.8 Å². The Hall–Kier alpha value is -1.97. The molecule has 2 N–H and O–H groups in total. The van der Waals surface area contributed by atoms with Crippen LogP contribution in [-0.2, 0) is 6.54 Å². The van der Waals surface area contributed by atoms with E-state index in [-0.39, 0.29) is 0 Å². The highest BCUT2D eigenvalue weighted by atomic mass is 15.3. The highest BCUT2D eigenvalue weighted by Gasteiger charge is 2.11. The smallest absolute Gasteiger partial charge is 0.0817 e. The summed E-state index contributed by atoms with van der Waals surface area (Å²) in [5.74, 6) is 0. The van der Waals surface area contributed by atoms with Crippen LogP contribution in [-0.4, -0.2) is 16.3 Å². The molecule has 1 unspecified atom stereocenters. The van der Waals surface area contributed by atoms with E-state index in [0.717, 1.165) is 36.6 Å². The third-order valence-corrected chi connectivity index (χ3v) is 3.72. The molecule has 0 aliphatic rings. The van der Waals surface area contributed by atoms with Crippen molar-refractivity contribution in [3.63, 3.8) is 0 Å². The number of aromatic nitrogens is 2. The molecule has 0 radical (unpaired) electrons. The molecule has 0 bridgehead atoms. The number of nitrogens with zero attached hydrogens (tertiary/aromatic N) is 3. The fraction of sp³-hybridized carbons (Fsp3) is 0.438. The molecule has 0 aliphatic heterocycles. The summed E-state index contributed by atoms with van der Waals surface area (Å²) in [7, 11) is 0. The van der Waals surface area contributed by atoms with Crippen LogP contribution in [0.1, 0.15) is 38.9 Å². The summed E-state index contributed by atoms with van der Waals surface area (Å²) in [6.45, 7) is 8.19. The lowest BCUT2D eigenvalue weighted by Crippen LogP contribution is -2.23. The van der Waals surface area contributed by atoms with Gasteiger partial charge in [0.15, 0.2) is 0 Å². The molecule has 0 saturated heterocycles. The minimum atomic E-state index is 0.445. The molecule has 108 valence electrons. The van der Waals surface area contributed by atoms with Crippen LogP contribution in [0.3, 0.4) is 0 Å². The summed E-state index contributed by atoms with van der Waals surface area (Å²) in [6, 6.07) is 10.5. The summed E-state index contributed by atoms with van der Waals surface area (Å²) in [4.78, 5) is 2.25. The third kappa shape index (κ3) is 3.13. The lowest BCUT2D eigenvalue weighted by Gasteiger charge is -2.23. The molecule has 0 aliphatic carbocycles. The van der Waals surface area contributed by atoms with Crippen LogP contribution >= 0.6 is 0 Å². The van der Waals surface area contributed by atoms with Crippen LogP contribution in [0, 0.1) is 0 Å². The molecule has 1 aromatic heterocycles. The van der Waals surface area contributed by atoms with Gasteiger partial charge in [-0.1, -0.05) is 19.1 Å². The zero-order valence-electron chi connectivity index (χ0n) is 12.6. The van der Waals surface area contributed by atoms with Crippen molar-refractivity contribution < 1.29 is 0 Å². The van der Waals surface area contributed by atoms with Gasteiger partial charge in [0.25, 0.3) is 0 Å². The normalized spacial score (nSPS) is 12.3. The van der Waals surface area contributed by atoms with Gasteiger partial charge in [0.2, 0.25) is 0 Å². The van der Waals surface area contributed by atoms with Gasteiger partial charge >= 0.3 is 0 Å². The molecule has 2 aromatic rings. The van der Waals surface area contributed by atoms with Crippen molar-refractivity contribution in [2.24, 2.45) is 0 Å². The van der Waals surface area contributed by atoms with E-state index in [1.165, 1.54) is 0 Å². The first-order valence-electron chi connectivity index (χ1n) is 7.29. The number of hydrogen-bond acceptors (Lipinski definition) is 3. The zero-order valence-corrected chi connectivity index (χ0v) is 12.6. The second kappa shape index (κ2) is 6.46. The minimum absolute atomic E-state index is 0.445. The average Bonchev–Trinajstić information content (AvgIpc) is 2.93. The molecule has 0 saturated carbocycles. The predicted octanol–water partition coefficient (Wildman–Crippen LogP) is 3.46. The molecule has 20 heavy (non-hydrogen) atoms. The maximum absolute atomic E-state index is 6.06. The molecule has 0 spiro atoms. The van der Waals surface area contributed by atoms with Crippen LogP contribution in [0.4, 0.5) is 11.4 Å². The second-order valence-corrected chi connectivity index (χ2v) is 5.12. The molecule has 4 nitrogen and oxygen atoms in total. The number of anilines is 2. The number of nitrogens with two attached hydrogens (primary N) is 1. The first-order valence-corrected chi connectivity index (χ1v) is 7.29. The Morgan fingerprint density at radius 2 is 2.00 bits per heavy atom. The van der Waals surface area contributed by atoms with Gasteiger partial charge in [-0.3, -0.25) is 4.68 Å². The Morgan fingerprint density at radius 3 is 2.65 bits per heavy atom. The molecular weight excluding hydrogens is 248 g/mol. The van der Waals surface area contributed by atoms with Gasteiger partial charge in [-0.05, 0) is 38.5 Å². The van der Waals surface area contributed by atoms with E-state index < -0.39 is 0 Å². The molecule has 0 fully saturated rings. The Labute approximate surface area is 121 Å². The fourth-order valence-corrected chi connectivity index (χ4v) is 2.23. The van der Waals surface area contributed by atoms with Gasteiger partial charge in [-0.25, -0.2) is 0 Å². The molecule has 1 aromatic carbocycles. The van der Waals surface area contributed by atoms with E-state index in [4.69, 9.17) is 5.73 Å². The third-order valence-electron chi connectivity index (χ3n) is 3.72. The van der Waals surface area contributed by atoms with Crippen molar-refractivity contribution in [1.82, 2.24) is 9.78 Å².